The minimum atomic E-state index is 0. The number of aliphatic imine (C=N–C) groups is 1. The quantitative estimate of drug-likeness (QED) is 0.428. The molecule has 3 rings (SSSR count). The van der Waals surface area contributed by atoms with E-state index < -0.39 is 0 Å². The summed E-state index contributed by atoms with van der Waals surface area (Å²) in [7, 11) is 2.15. The van der Waals surface area contributed by atoms with Gasteiger partial charge in [-0.15, -0.1) is 24.0 Å². The molecule has 25 heavy (non-hydrogen) atoms. The predicted octanol–water partition coefficient (Wildman–Crippen LogP) is 2.39. The standard InChI is InChI=1S/C19H30N4O.HI/c1-3-20-19(21-13-18-15-22(2)11-12-24-18)23-10-9-17(14-23)16-7-5-4-6-8-16;/h4-8,17-18H,3,9-15H2,1-2H3,(H,20,21);1H. The molecule has 1 N–H and O–H groups in total. The number of rotatable bonds is 4. The average molecular weight is 458 g/mol. The molecule has 0 amide bonds. The van der Waals surface area contributed by atoms with E-state index in [0.717, 1.165) is 51.8 Å². The third kappa shape index (κ3) is 5.82. The van der Waals surface area contributed by atoms with Crippen molar-refractivity contribution in [1.82, 2.24) is 15.1 Å². The molecule has 0 radical (unpaired) electrons. The number of likely N-dealkylation sites (N-methyl/N-ethyl adjacent to an activating group) is 1. The van der Waals surface area contributed by atoms with Gasteiger partial charge < -0.3 is 19.9 Å². The van der Waals surface area contributed by atoms with Gasteiger partial charge in [0.05, 0.1) is 19.3 Å². The van der Waals surface area contributed by atoms with Crippen LogP contribution in [0.3, 0.4) is 0 Å². The Labute approximate surface area is 168 Å². The fraction of sp³-hybridized carbons (Fsp3) is 0.632. The van der Waals surface area contributed by atoms with Crippen LogP contribution in [0.5, 0.6) is 0 Å². The van der Waals surface area contributed by atoms with Gasteiger partial charge >= 0.3 is 0 Å². The summed E-state index contributed by atoms with van der Waals surface area (Å²) >= 11 is 0. The molecule has 1 aromatic carbocycles. The van der Waals surface area contributed by atoms with E-state index >= 15 is 0 Å². The van der Waals surface area contributed by atoms with Gasteiger partial charge in [-0.05, 0) is 26.0 Å². The number of nitrogens with one attached hydrogen (secondary N) is 1. The van der Waals surface area contributed by atoms with Gasteiger partial charge in [-0.2, -0.15) is 0 Å². The van der Waals surface area contributed by atoms with Crippen LogP contribution in [0.25, 0.3) is 0 Å². The topological polar surface area (TPSA) is 40.1 Å². The van der Waals surface area contributed by atoms with Crippen LogP contribution < -0.4 is 5.32 Å². The molecular weight excluding hydrogens is 427 g/mol. The fourth-order valence-electron chi connectivity index (χ4n) is 3.54. The molecule has 140 valence electrons. The molecule has 0 aliphatic carbocycles. The van der Waals surface area contributed by atoms with Gasteiger partial charge in [0.15, 0.2) is 5.96 Å². The molecule has 2 unspecified atom stereocenters. The second-order valence-electron chi connectivity index (χ2n) is 6.79. The van der Waals surface area contributed by atoms with Crippen molar-refractivity contribution < 1.29 is 4.74 Å². The lowest BCUT2D eigenvalue weighted by Gasteiger charge is -2.29. The van der Waals surface area contributed by atoms with Crippen LogP contribution in [-0.4, -0.2) is 74.8 Å². The lowest BCUT2D eigenvalue weighted by molar-refractivity contribution is -0.0137. The van der Waals surface area contributed by atoms with E-state index in [9.17, 15) is 0 Å². The Balaban J connectivity index is 0.00000225. The number of ether oxygens (including phenoxy) is 1. The van der Waals surface area contributed by atoms with Gasteiger partial charge in [0.25, 0.3) is 0 Å². The van der Waals surface area contributed by atoms with Gasteiger partial charge in [0.1, 0.15) is 0 Å². The Kier molecular flexibility index (Phi) is 8.45. The van der Waals surface area contributed by atoms with Crippen molar-refractivity contribution in [3.05, 3.63) is 35.9 Å². The van der Waals surface area contributed by atoms with Crippen molar-refractivity contribution in [3.63, 3.8) is 0 Å². The highest BCUT2D eigenvalue weighted by molar-refractivity contribution is 14.0. The summed E-state index contributed by atoms with van der Waals surface area (Å²) in [4.78, 5) is 9.58. The van der Waals surface area contributed by atoms with Crippen LogP contribution in [-0.2, 0) is 4.74 Å². The van der Waals surface area contributed by atoms with E-state index in [4.69, 9.17) is 9.73 Å². The van der Waals surface area contributed by atoms with Crippen molar-refractivity contribution in [2.45, 2.75) is 25.4 Å². The molecule has 2 saturated heterocycles. The molecule has 2 fully saturated rings. The van der Waals surface area contributed by atoms with Crippen LogP contribution in [0.2, 0.25) is 0 Å². The Bertz CT molecular complexity index is 539. The van der Waals surface area contributed by atoms with E-state index in [2.05, 4.69) is 59.4 Å². The van der Waals surface area contributed by atoms with Crippen molar-refractivity contribution in [2.75, 3.05) is 52.9 Å². The number of benzene rings is 1. The maximum atomic E-state index is 5.83. The Morgan fingerprint density at radius 2 is 2.04 bits per heavy atom. The van der Waals surface area contributed by atoms with Crippen LogP contribution in [0, 0.1) is 0 Å². The van der Waals surface area contributed by atoms with Crippen LogP contribution in [0.4, 0.5) is 0 Å². The van der Waals surface area contributed by atoms with Gasteiger partial charge in [-0.25, -0.2) is 0 Å². The minimum absolute atomic E-state index is 0. The fourth-order valence-corrected chi connectivity index (χ4v) is 3.54. The molecule has 2 aliphatic heterocycles. The third-order valence-corrected chi connectivity index (χ3v) is 4.88. The van der Waals surface area contributed by atoms with E-state index in [0.29, 0.717) is 5.92 Å². The highest BCUT2D eigenvalue weighted by atomic mass is 127. The summed E-state index contributed by atoms with van der Waals surface area (Å²) < 4.78 is 5.83. The lowest BCUT2D eigenvalue weighted by Crippen LogP contribution is -2.43. The van der Waals surface area contributed by atoms with Crippen LogP contribution in [0.15, 0.2) is 35.3 Å². The summed E-state index contributed by atoms with van der Waals surface area (Å²) in [6.45, 7) is 8.67. The van der Waals surface area contributed by atoms with Crippen molar-refractivity contribution in [2.24, 2.45) is 4.99 Å². The summed E-state index contributed by atoms with van der Waals surface area (Å²) in [6, 6.07) is 10.8. The zero-order valence-electron chi connectivity index (χ0n) is 15.4. The molecule has 0 aromatic heterocycles. The Hall–Kier alpha value is -0.860. The van der Waals surface area contributed by atoms with E-state index in [-0.39, 0.29) is 30.1 Å². The highest BCUT2D eigenvalue weighted by Crippen LogP contribution is 2.26. The third-order valence-electron chi connectivity index (χ3n) is 4.88. The van der Waals surface area contributed by atoms with Gasteiger partial charge in [0, 0.05) is 38.6 Å². The van der Waals surface area contributed by atoms with Gasteiger partial charge in [-0.3, -0.25) is 4.99 Å². The Morgan fingerprint density at radius 1 is 1.24 bits per heavy atom. The van der Waals surface area contributed by atoms with E-state index in [1.165, 1.54) is 12.0 Å². The zero-order chi connectivity index (χ0) is 16.8. The molecule has 0 spiro atoms. The van der Waals surface area contributed by atoms with Gasteiger partial charge in [0.2, 0.25) is 0 Å². The van der Waals surface area contributed by atoms with E-state index in [1.807, 2.05) is 0 Å². The summed E-state index contributed by atoms with van der Waals surface area (Å²) in [5.74, 6) is 1.64. The van der Waals surface area contributed by atoms with E-state index in [1.54, 1.807) is 0 Å². The smallest absolute Gasteiger partial charge is 0.194 e. The SMILES string of the molecule is CCNC(=NCC1CN(C)CCO1)N1CCC(c2ccccc2)C1.I. The number of nitrogens with zero attached hydrogens (tertiary/aromatic N) is 3. The summed E-state index contributed by atoms with van der Waals surface area (Å²) in [5.41, 5.74) is 1.44. The van der Waals surface area contributed by atoms with Crippen molar-refractivity contribution >= 4 is 29.9 Å². The van der Waals surface area contributed by atoms with Crippen molar-refractivity contribution in [3.8, 4) is 0 Å². The molecule has 2 heterocycles. The molecule has 0 bridgehead atoms. The first-order valence-electron chi connectivity index (χ1n) is 9.14. The van der Waals surface area contributed by atoms with Crippen LogP contribution >= 0.6 is 24.0 Å². The molecule has 6 heteroatoms. The highest BCUT2D eigenvalue weighted by Gasteiger charge is 2.26. The first kappa shape index (κ1) is 20.5. The molecule has 2 aliphatic rings. The first-order chi connectivity index (χ1) is 11.8. The summed E-state index contributed by atoms with van der Waals surface area (Å²) in [6.07, 6.45) is 1.40. The largest absolute Gasteiger partial charge is 0.374 e. The molecule has 5 nitrogen and oxygen atoms in total. The molecule has 1 aromatic rings. The number of hydrogen-bond acceptors (Lipinski definition) is 3. The average Bonchev–Trinajstić information content (AvgIpc) is 3.09. The molecular formula is C19H31IN4O. The van der Waals surface area contributed by atoms with Gasteiger partial charge in [-0.1, -0.05) is 30.3 Å². The number of likely N-dealkylation sites (tertiary alicyclic amines) is 1. The predicted molar refractivity (Wildman–Crippen MR) is 114 cm³/mol. The molecule has 2 atom stereocenters. The Morgan fingerprint density at radius 3 is 2.76 bits per heavy atom. The monoisotopic (exact) mass is 458 g/mol. The maximum absolute atomic E-state index is 5.83. The normalized spacial score (nSPS) is 24.9. The molecule has 0 saturated carbocycles. The number of morpholine rings is 1. The van der Waals surface area contributed by atoms with Crippen molar-refractivity contribution in [1.29, 1.82) is 0 Å². The maximum Gasteiger partial charge on any atom is 0.194 e. The summed E-state index contributed by atoms with van der Waals surface area (Å²) in [5, 5.41) is 3.45. The second kappa shape index (κ2) is 10.3. The number of halogens is 1. The zero-order valence-corrected chi connectivity index (χ0v) is 17.7. The van der Waals surface area contributed by atoms with Crippen LogP contribution in [0.1, 0.15) is 24.8 Å². The second-order valence-corrected chi connectivity index (χ2v) is 6.79. The number of hydrogen-bond donors (Lipinski definition) is 1. The lowest BCUT2D eigenvalue weighted by atomic mass is 9.99. The minimum Gasteiger partial charge on any atom is -0.374 e. The first-order valence-corrected chi connectivity index (χ1v) is 9.14. The number of guanidine groups is 1.